The summed E-state index contributed by atoms with van der Waals surface area (Å²) in [7, 11) is 0. The molecule has 0 unspecified atom stereocenters. The highest BCUT2D eigenvalue weighted by atomic mass is 19.1. The van der Waals surface area contributed by atoms with Gasteiger partial charge in [-0.15, -0.1) is 5.10 Å². The van der Waals surface area contributed by atoms with Crippen molar-refractivity contribution in [3.63, 3.8) is 0 Å². The lowest BCUT2D eigenvalue weighted by atomic mass is 9.85. The second kappa shape index (κ2) is 8.03. The number of anilines is 1. The average molecular weight is 394 g/mol. The van der Waals surface area contributed by atoms with E-state index in [4.69, 9.17) is 4.74 Å². The van der Waals surface area contributed by atoms with Crippen LogP contribution < -0.4 is 10.1 Å². The molecule has 6 nitrogen and oxygen atoms in total. The van der Waals surface area contributed by atoms with Crippen LogP contribution in [0.2, 0.25) is 0 Å². The second-order valence-electron chi connectivity index (χ2n) is 7.47. The fourth-order valence-corrected chi connectivity index (χ4v) is 3.15. The molecule has 1 saturated carbocycles. The van der Waals surface area contributed by atoms with Crippen molar-refractivity contribution in [3.05, 3.63) is 54.3 Å². The van der Waals surface area contributed by atoms with Crippen LogP contribution in [0, 0.1) is 11.7 Å². The average Bonchev–Trinajstić information content (AvgIpc) is 3.04. The van der Waals surface area contributed by atoms with Crippen LogP contribution in [0.3, 0.4) is 0 Å². The lowest BCUT2D eigenvalue weighted by Gasteiger charge is -2.24. The number of carbonyl (C=O) groups excluding carboxylic acids is 1. The first kappa shape index (κ1) is 19.1. The van der Waals surface area contributed by atoms with Crippen molar-refractivity contribution in [1.29, 1.82) is 0 Å². The number of aromatic nitrogens is 3. The summed E-state index contributed by atoms with van der Waals surface area (Å²) in [4.78, 5) is 16.6. The van der Waals surface area contributed by atoms with Gasteiger partial charge in [-0.1, -0.05) is 18.6 Å². The van der Waals surface area contributed by atoms with Crippen molar-refractivity contribution in [2.24, 2.45) is 5.92 Å². The Kier molecular flexibility index (Phi) is 5.29. The summed E-state index contributed by atoms with van der Waals surface area (Å²) in [5.41, 5.74) is 2.06. The molecule has 1 heterocycles. The van der Waals surface area contributed by atoms with Gasteiger partial charge in [0.2, 0.25) is 5.91 Å². The molecule has 1 aromatic heterocycles. The van der Waals surface area contributed by atoms with Gasteiger partial charge in [0, 0.05) is 17.2 Å². The summed E-state index contributed by atoms with van der Waals surface area (Å²) in [5.74, 6) is 0.321. The highest BCUT2D eigenvalue weighted by Gasteiger charge is 2.25. The number of nitrogens with zero attached hydrogens (tertiary/aromatic N) is 3. The normalized spacial score (nSPS) is 13.9. The van der Waals surface area contributed by atoms with Crippen LogP contribution >= 0.6 is 0 Å². The fourth-order valence-electron chi connectivity index (χ4n) is 3.15. The van der Waals surface area contributed by atoms with Gasteiger partial charge in [-0.3, -0.25) is 4.79 Å². The van der Waals surface area contributed by atoms with Crippen LogP contribution in [-0.4, -0.2) is 26.8 Å². The van der Waals surface area contributed by atoms with E-state index in [1.54, 1.807) is 16.8 Å². The molecule has 7 heteroatoms. The Morgan fingerprint density at radius 2 is 1.97 bits per heavy atom. The number of carbonyl (C=O) groups is 1. The molecule has 0 spiro atoms. The highest BCUT2D eigenvalue weighted by Crippen LogP contribution is 2.28. The number of ether oxygens (including phenoxy) is 1. The van der Waals surface area contributed by atoms with Gasteiger partial charge in [-0.2, -0.15) is 4.98 Å². The number of rotatable bonds is 6. The molecule has 0 atom stereocenters. The minimum absolute atomic E-state index is 0.0674. The molecule has 1 fully saturated rings. The Bertz CT molecular complexity index is 1010. The van der Waals surface area contributed by atoms with E-state index in [1.807, 2.05) is 38.1 Å². The van der Waals surface area contributed by atoms with E-state index in [0.29, 0.717) is 11.4 Å². The number of hydrogen-bond donors (Lipinski definition) is 1. The zero-order valence-electron chi connectivity index (χ0n) is 16.4. The molecule has 1 aliphatic rings. The third-order valence-electron chi connectivity index (χ3n) is 4.87. The summed E-state index contributed by atoms with van der Waals surface area (Å²) >= 11 is 0. The van der Waals surface area contributed by atoms with Gasteiger partial charge in [-0.05, 0) is 63.1 Å². The maximum Gasteiger partial charge on any atom is 0.336 e. The smallest absolute Gasteiger partial charge is 0.336 e. The highest BCUT2D eigenvalue weighted by molar-refractivity contribution is 5.93. The second-order valence-corrected chi connectivity index (χ2v) is 7.47. The Morgan fingerprint density at radius 3 is 2.59 bits per heavy atom. The molecule has 150 valence electrons. The number of benzene rings is 2. The van der Waals surface area contributed by atoms with E-state index >= 15 is 0 Å². The molecular formula is C22H23FN4O2. The minimum atomic E-state index is -0.350. The lowest BCUT2D eigenvalue weighted by molar-refractivity contribution is -0.122. The molecule has 1 N–H and O–H groups in total. The number of halogens is 1. The Morgan fingerprint density at radius 1 is 1.21 bits per heavy atom. The monoisotopic (exact) mass is 394 g/mol. The van der Waals surface area contributed by atoms with Crippen molar-refractivity contribution >= 4 is 11.6 Å². The van der Waals surface area contributed by atoms with Gasteiger partial charge in [0.05, 0.1) is 11.8 Å². The van der Waals surface area contributed by atoms with Crippen LogP contribution in [0.4, 0.5) is 10.1 Å². The lowest BCUT2D eigenvalue weighted by Crippen LogP contribution is -2.27. The minimum Gasteiger partial charge on any atom is -0.460 e. The number of amides is 1. The predicted octanol–water partition coefficient (Wildman–Crippen LogP) is 4.60. The van der Waals surface area contributed by atoms with Gasteiger partial charge in [-0.25, -0.2) is 9.07 Å². The number of hydrogen-bond acceptors (Lipinski definition) is 4. The van der Waals surface area contributed by atoms with Gasteiger partial charge >= 0.3 is 6.01 Å². The zero-order valence-corrected chi connectivity index (χ0v) is 16.4. The summed E-state index contributed by atoms with van der Waals surface area (Å²) in [5, 5.41) is 7.39. The molecule has 0 radical (unpaired) electrons. The van der Waals surface area contributed by atoms with E-state index in [0.717, 1.165) is 30.6 Å². The van der Waals surface area contributed by atoms with Crippen LogP contribution in [0.15, 0.2) is 48.5 Å². The molecule has 29 heavy (non-hydrogen) atoms. The molecule has 0 bridgehead atoms. The SMILES string of the molecule is CC(C)Oc1nc(-c2cccc(F)c2)n(-c2ccc(NC(=O)C3CCC3)cc2)n1. The molecule has 4 rings (SSSR count). The molecule has 1 amide bonds. The Balaban J connectivity index is 1.64. The molecule has 3 aromatic rings. The van der Waals surface area contributed by atoms with Gasteiger partial charge in [0.15, 0.2) is 5.82 Å². The van der Waals surface area contributed by atoms with E-state index in [9.17, 15) is 9.18 Å². The largest absolute Gasteiger partial charge is 0.460 e. The quantitative estimate of drug-likeness (QED) is 0.663. The summed E-state index contributed by atoms with van der Waals surface area (Å²) in [6, 6.07) is 13.8. The van der Waals surface area contributed by atoms with E-state index < -0.39 is 0 Å². The van der Waals surface area contributed by atoms with Crippen molar-refractivity contribution in [2.75, 3.05) is 5.32 Å². The van der Waals surface area contributed by atoms with Gasteiger partial charge < -0.3 is 10.1 Å². The first-order valence-corrected chi connectivity index (χ1v) is 9.80. The standard InChI is InChI=1S/C22H23FN4O2/c1-14(2)29-22-25-20(16-7-4-8-17(23)13-16)27(26-22)19-11-9-18(10-12-19)24-21(28)15-5-3-6-15/h4,7-15H,3,5-6H2,1-2H3,(H,24,28). The van der Waals surface area contributed by atoms with Crippen LogP contribution in [0.25, 0.3) is 17.1 Å². The van der Waals surface area contributed by atoms with E-state index in [-0.39, 0.29) is 29.8 Å². The zero-order chi connectivity index (χ0) is 20.4. The van der Waals surface area contributed by atoms with E-state index in [2.05, 4.69) is 15.4 Å². The maximum atomic E-state index is 13.7. The summed E-state index contributed by atoms with van der Waals surface area (Å²) in [6.07, 6.45) is 2.94. The Hall–Kier alpha value is -3.22. The van der Waals surface area contributed by atoms with Crippen molar-refractivity contribution < 1.29 is 13.9 Å². The first-order chi connectivity index (χ1) is 14.0. The van der Waals surface area contributed by atoms with Crippen LogP contribution in [0.1, 0.15) is 33.1 Å². The summed E-state index contributed by atoms with van der Waals surface area (Å²) < 4.78 is 21.0. The molecule has 0 aliphatic heterocycles. The van der Waals surface area contributed by atoms with Gasteiger partial charge in [0.1, 0.15) is 5.82 Å². The molecule has 0 saturated heterocycles. The van der Waals surface area contributed by atoms with Crippen molar-refractivity contribution in [1.82, 2.24) is 14.8 Å². The third-order valence-corrected chi connectivity index (χ3v) is 4.87. The predicted molar refractivity (Wildman–Crippen MR) is 108 cm³/mol. The van der Waals surface area contributed by atoms with Crippen LogP contribution in [-0.2, 0) is 4.79 Å². The topological polar surface area (TPSA) is 69.0 Å². The maximum absolute atomic E-state index is 13.7. The van der Waals surface area contributed by atoms with E-state index in [1.165, 1.54) is 12.1 Å². The number of nitrogens with one attached hydrogen (secondary N) is 1. The third kappa shape index (κ3) is 4.29. The van der Waals surface area contributed by atoms with Gasteiger partial charge in [0.25, 0.3) is 0 Å². The fraction of sp³-hybridized carbons (Fsp3) is 0.318. The molecule has 2 aromatic carbocycles. The first-order valence-electron chi connectivity index (χ1n) is 9.80. The summed E-state index contributed by atoms with van der Waals surface area (Å²) in [6.45, 7) is 3.78. The molecular weight excluding hydrogens is 371 g/mol. The van der Waals surface area contributed by atoms with Crippen molar-refractivity contribution in [2.45, 2.75) is 39.2 Å². The van der Waals surface area contributed by atoms with Crippen LogP contribution in [0.5, 0.6) is 6.01 Å². The Labute approximate surface area is 168 Å². The van der Waals surface area contributed by atoms with Crippen molar-refractivity contribution in [3.8, 4) is 23.1 Å². The molecule has 1 aliphatic carbocycles.